The molecule has 1 aromatic heterocycles. The minimum atomic E-state index is 0. The maximum atomic E-state index is 4.83. The number of rotatable bonds is 1. The van der Waals surface area contributed by atoms with Crippen molar-refractivity contribution in [2.45, 2.75) is 0 Å². The molecular weight excluding hydrogens is 292 g/mol. The summed E-state index contributed by atoms with van der Waals surface area (Å²) in [5.41, 5.74) is 0. The molecule has 1 rings (SSSR count). The van der Waals surface area contributed by atoms with Crippen molar-refractivity contribution in [3.05, 3.63) is 30.6 Å². The molecule has 0 aromatic carbocycles. The van der Waals surface area contributed by atoms with Gasteiger partial charge in [-0.15, -0.1) is 0 Å². The summed E-state index contributed by atoms with van der Waals surface area (Å²) in [6.07, 6.45) is 3.67. The first-order valence-corrected chi connectivity index (χ1v) is 2.44. The second kappa shape index (κ2) is 4.46. The monoisotopic (exact) mass is 302 g/mol. The van der Waals surface area contributed by atoms with Gasteiger partial charge in [0.05, 0.1) is 0 Å². The molecule has 0 atom stereocenters. The third-order valence-electron chi connectivity index (χ3n) is 0.899. The van der Waals surface area contributed by atoms with Gasteiger partial charge in [-0.05, 0) is 0 Å². The summed E-state index contributed by atoms with van der Waals surface area (Å²) in [6, 6.07) is 5.75. The molecule has 9 heavy (non-hydrogen) atoms. The van der Waals surface area contributed by atoms with Crippen LogP contribution in [0.2, 0.25) is 0 Å². The minimum absolute atomic E-state index is 0. The molecule has 0 amide bonds. The van der Waals surface area contributed by atoms with Gasteiger partial charge in [0.25, 0.3) is 0 Å². The molecule has 0 aliphatic heterocycles. The molecule has 0 unspecified atom stereocenters. The molecule has 0 saturated heterocycles. The van der Waals surface area contributed by atoms with E-state index in [-0.39, 0.29) is 19.8 Å². The van der Waals surface area contributed by atoms with Gasteiger partial charge in [0, 0.05) is 16.9 Å². The van der Waals surface area contributed by atoms with Crippen LogP contribution in [0.5, 0.6) is 0 Å². The largest absolute Gasteiger partial charge is 4.00 e. The van der Waals surface area contributed by atoms with Crippen molar-refractivity contribution < 1.29 is 29.4 Å². The molecule has 0 fully saturated rings. The van der Waals surface area contributed by atoms with Crippen molar-refractivity contribution in [3.63, 3.8) is 0 Å². The van der Waals surface area contributed by atoms with Gasteiger partial charge in [0.15, 0.2) is 0 Å². The molecule has 1 aromatic rings. The number of hydrogen-bond acceptors (Lipinski definition) is 1. The van der Waals surface area contributed by atoms with Crippen LogP contribution in [0.25, 0.3) is 0 Å². The van der Waals surface area contributed by atoms with Crippen LogP contribution in [0.4, 0.5) is 0 Å². The first-order valence-electron chi connectivity index (χ1n) is 2.44. The van der Waals surface area contributed by atoms with Crippen LogP contribution in [0.15, 0.2) is 30.6 Å². The van der Waals surface area contributed by atoms with E-state index in [1.165, 1.54) is 0 Å². The molecule has 46 valence electrons. The van der Waals surface area contributed by atoms with E-state index < -0.39 is 0 Å². The van der Waals surface area contributed by atoms with E-state index in [9.17, 15) is 0 Å². The van der Waals surface area contributed by atoms with Crippen LogP contribution in [-0.2, 0) is 19.8 Å². The third kappa shape index (κ3) is 2.58. The minimum Gasteiger partial charge on any atom is -0.275 e. The van der Waals surface area contributed by atoms with Crippen LogP contribution in [0.1, 0.15) is 0 Å². The van der Waals surface area contributed by atoms with Crippen molar-refractivity contribution >= 4 is 0 Å². The Labute approximate surface area is 67.5 Å². The summed E-state index contributed by atoms with van der Waals surface area (Å²) < 4.78 is 1.62. The van der Waals surface area contributed by atoms with E-state index in [4.69, 9.17) is 4.84 Å². The van der Waals surface area contributed by atoms with Crippen LogP contribution in [-0.4, -0.2) is 7.11 Å². The number of nitrogens with zero attached hydrogens (tertiary/aromatic N) is 1. The normalized spacial score (nSPS) is 7.67. The predicted octanol–water partition coefficient (Wildman–Crippen LogP) is 0.0300. The van der Waals surface area contributed by atoms with Crippen LogP contribution < -0.4 is 9.57 Å². The maximum Gasteiger partial charge on any atom is 4.00 e. The van der Waals surface area contributed by atoms with Crippen molar-refractivity contribution in [1.82, 2.24) is 0 Å². The van der Waals surface area contributed by atoms with Gasteiger partial charge >= 0.3 is 19.8 Å². The smallest absolute Gasteiger partial charge is 0.275 e. The number of aromatic nitrogens is 1. The fourth-order valence-corrected chi connectivity index (χ4v) is 0.505. The first kappa shape index (κ1) is 8.59. The Morgan fingerprint density at radius 3 is 2.00 bits per heavy atom. The van der Waals surface area contributed by atoms with E-state index in [2.05, 4.69) is 0 Å². The average Bonchev–Trinajstić information content (AvgIpc) is 1.90. The van der Waals surface area contributed by atoms with Crippen LogP contribution in [0, 0.1) is 0 Å². The Hall–Kier alpha value is -0.414. The zero-order valence-electron chi connectivity index (χ0n) is 5.10. The van der Waals surface area contributed by atoms with Crippen molar-refractivity contribution in [2.24, 2.45) is 0 Å². The molecule has 0 saturated carbocycles. The Morgan fingerprint density at radius 2 is 1.67 bits per heavy atom. The van der Waals surface area contributed by atoms with E-state index in [1.807, 2.05) is 30.6 Å². The van der Waals surface area contributed by atoms with Crippen molar-refractivity contribution in [3.8, 4) is 0 Å². The van der Waals surface area contributed by atoms with E-state index in [1.54, 1.807) is 11.8 Å². The van der Waals surface area contributed by atoms with Gasteiger partial charge in [-0.3, -0.25) is 4.84 Å². The predicted molar refractivity (Wildman–Crippen MR) is 29.1 cm³/mol. The molecule has 0 bridgehead atoms. The van der Waals surface area contributed by atoms with Crippen LogP contribution in [0.3, 0.4) is 0 Å². The number of pyridine rings is 1. The zero-order chi connectivity index (χ0) is 5.82. The third-order valence-corrected chi connectivity index (χ3v) is 0.899. The zero-order valence-corrected chi connectivity index (χ0v) is 7.64. The van der Waals surface area contributed by atoms with E-state index in [0.29, 0.717) is 0 Å². The van der Waals surface area contributed by atoms with Gasteiger partial charge in [0.1, 0.15) is 7.11 Å². The van der Waals surface area contributed by atoms with Crippen LogP contribution >= 0.6 is 0 Å². The second-order valence-electron chi connectivity index (χ2n) is 1.42. The quantitative estimate of drug-likeness (QED) is 0.667. The Balaban J connectivity index is 0.000000640. The average molecular weight is 300 g/mol. The van der Waals surface area contributed by atoms with Gasteiger partial charge < -0.3 is 0 Å². The van der Waals surface area contributed by atoms with Crippen molar-refractivity contribution in [2.75, 3.05) is 7.11 Å². The van der Waals surface area contributed by atoms with Gasteiger partial charge in [0.2, 0.25) is 12.4 Å². The Morgan fingerprint density at radius 1 is 1.11 bits per heavy atom. The standard InChI is InChI=1S/C6H8NO.Os/c1-8-7-5-3-2-4-6-7;/h2-6H,1H3;/q+1;+4. The fourth-order valence-electron chi connectivity index (χ4n) is 0.505. The molecule has 0 aliphatic rings. The van der Waals surface area contributed by atoms with E-state index in [0.717, 1.165) is 0 Å². The Bertz CT molecular complexity index is 154. The molecular formula is C6H8NOOs+5. The van der Waals surface area contributed by atoms with Gasteiger partial charge in [-0.1, -0.05) is 6.07 Å². The Kier molecular flexibility index (Phi) is 4.26. The summed E-state index contributed by atoms with van der Waals surface area (Å²) in [5.74, 6) is 0. The van der Waals surface area contributed by atoms with Gasteiger partial charge in [-0.2, -0.15) is 0 Å². The number of hydrogen-bond donors (Lipinski definition) is 0. The van der Waals surface area contributed by atoms with Gasteiger partial charge in [-0.25, -0.2) is 0 Å². The molecule has 0 radical (unpaired) electrons. The summed E-state index contributed by atoms with van der Waals surface area (Å²) >= 11 is 0. The summed E-state index contributed by atoms with van der Waals surface area (Å²) in [5, 5.41) is 0. The molecule has 3 heteroatoms. The fraction of sp³-hybridized carbons (Fsp3) is 0.167. The SMILES string of the molecule is CO[n+]1ccccc1.[Os+4]. The summed E-state index contributed by atoms with van der Waals surface area (Å²) in [6.45, 7) is 0. The summed E-state index contributed by atoms with van der Waals surface area (Å²) in [4.78, 5) is 4.83. The molecule has 0 spiro atoms. The second-order valence-corrected chi connectivity index (χ2v) is 1.42. The molecule has 1 heterocycles. The maximum absolute atomic E-state index is 4.83. The first-order chi connectivity index (χ1) is 3.93. The molecule has 0 N–H and O–H groups in total. The summed E-state index contributed by atoms with van der Waals surface area (Å²) in [7, 11) is 1.62. The topological polar surface area (TPSA) is 13.1 Å². The molecule has 2 nitrogen and oxygen atoms in total. The van der Waals surface area contributed by atoms with Crippen molar-refractivity contribution in [1.29, 1.82) is 0 Å². The molecule has 0 aliphatic carbocycles. The van der Waals surface area contributed by atoms with E-state index >= 15 is 0 Å².